The molecule has 4 nitrogen and oxygen atoms in total. The fourth-order valence-electron chi connectivity index (χ4n) is 3.25. The second-order valence-corrected chi connectivity index (χ2v) is 9.49. The molecule has 0 aliphatic heterocycles. The first kappa shape index (κ1) is 22.9. The van der Waals surface area contributed by atoms with Crippen LogP contribution in [-0.2, 0) is 27.5 Å². The summed E-state index contributed by atoms with van der Waals surface area (Å²) in [6, 6.07) is 20.0. The third kappa shape index (κ3) is 9.57. The van der Waals surface area contributed by atoms with Crippen LogP contribution >= 0.6 is 0 Å². The Morgan fingerprint density at radius 3 is 1.97 bits per heavy atom. The Kier molecular flexibility index (Phi) is 9.65. The molecule has 0 bridgehead atoms. The molecule has 0 fully saturated rings. The summed E-state index contributed by atoms with van der Waals surface area (Å²) in [5.41, 5.74) is 2.41. The molecule has 0 radical (unpaired) electrons. The lowest BCUT2D eigenvalue weighted by atomic mass is 10.0. The maximum Gasteiger partial charge on any atom is 0.307 e. The molecule has 5 heteroatoms. The van der Waals surface area contributed by atoms with Crippen molar-refractivity contribution >= 4 is 15.8 Å². The lowest BCUT2D eigenvalue weighted by Gasteiger charge is -2.12. The Morgan fingerprint density at radius 1 is 0.862 bits per heavy atom. The summed E-state index contributed by atoms with van der Waals surface area (Å²) in [6.07, 6.45) is 8.04. The molecule has 0 amide bonds. The van der Waals surface area contributed by atoms with Crippen LogP contribution < -0.4 is 0 Å². The zero-order valence-electron chi connectivity index (χ0n) is 16.7. The first-order chi connectivity index (χ1) is 14.0. The molecule has 2 rings (SSSR count). The summed E-state index contributed by atoms with van der Waals surface area (Å²) < 4.78 is 24.6. The summed E-state index contributed by atoms with van der Waals surface area (Å²) in [7, 11) is -3.43. The van der Waals surface area contributed by atoms with Crippen molar-refractivity contribution < 1.29 is 18.3 Å². The zero-order valence-corrected chi connectivity index (χ0v) is 17.6. The van der Waals surface area contributed by atoms with Gasteiger partial charge in [0.2, 0.25) is 0 Å². The van der Waals surface area contributed by atoms with E-state index in [4.69, 9.17) is 0 Å². The van der Waals surface area contributed by atoms with Crippen LogP contribution in [0.5, 0.6) is 0 Å². The van der Waals surface area contributed by atoms with Crippen molar-refractivity contribution in [2.75, 3.05) is 11.5 Å². The third-order valence-corrected chi connectivity index (χ3v) is 6.47. The van der Waals surface area contributed by atoms with E-state index in [2.05, 4.69) is 12.1 Å². The molecule has 0 heterocycles. The predicted octanol–water partition coefficient (Wildman–Crippen LogP) is 4.70. The predicted molar refractivity (Wildman–Crippen MR) is 118 cm³/mol. The second-order valence-electron chi connectivity index (χ2n) is 7.34. The number of carboxylic acid groups (broad SMARTS) is 1. The smallest absolute Gasteiger partial charge is 0.307 e. The van der Waals surface area contributed by atoms with Crippen molar-refractivity contribution in [3.05, 3.63) is 83.9 Å². The number of aryl methyl sites for hydroxylation is 2. The summed E-state index contributed by atoms with van der Waals surface area (Å²) in [4.78, 5) is 11.5. The van der Waals surface area contributed by atoms with Gasteiger partial charge in [-0.15, -0.1) is 0 Å². The molecule has 1 atom stereocenters. The number of benzene rings is 2. The molecule has 156 valence electrons. The van der Waals surface area contributed by atoms with Crippen molar-refractivity contribution in [2.45, 2.75) is 38.5 Å². The minimum atomic E-state index is -3.43. The fraction of sp³-hybridized carbons (Fsp3) is 0.375. The number of unbranched alkanes of at least 4 members (excludes halogenated alkanes) is 1. The lowest BCUT2D eigenvalue weighted by molar-refractivity contribution is -0.141. The van der Waals surface area contributed by atoms with E-state index in [1.165, 1.54) is 5.56 Å². The van der Waals surface area contributed by atoms with Gasteiger partial charge in [-0.05, 0) is 49.7 Å². The van der Waals surface area contributed by atoms with Gasteiger partial charge in [-0.3, -0.25) is 4.79 Å². The average Bonchev–Trinajstić information content (AvgIpc) is 2.71. The molecule has 1 N–H and O–H groups in total. The standard InChI is InChI=1S/C24H30O4S/c25-24(26)23(18-11-17-22-15-8-4-9-16-22)20-29(27,28)19-10-2-1-5-12-21-13-6-3-7-14-21/h2-4,6-10,13-16,23H,1,5,11-12,17-20H2,(H,25,26). The van der Waals surface area contributed by atoms with Crippen LogP contribution in [0.15, 0.2) is 72.8 Å². The molecule has 0 aliphatic carbocycles. The highest BCUT2D eigenvalue weighted by Gasteiger charge is 2.24. The van der Waals surface area contributed by atoms with Gasteiger partial charge in [0.15, 0.2) is 9.84 Å². The number of hydrogen-bond donors (Lipinski definition) is 1. The van der Waals surface area contributed by atoms with Crippen molar-refractivity contribution in [2.24, 2.45) is 5.92 Å². The number of sulfone groups is 1. The van der Waals surface area contributed by atoms with Crippen molar-refractivity contribution in [3.63, 3.8) is 0 Å². The van der Waals surface area contributed by atoms with E-state index < -0.39 is 21.7 Å². The van der Waals surface area contributed by atoms with Crippen molar-refractivity contribution in [3.8, 4) is 0 Å². The number of rotatable bonds is 13. The van der Waals surface area contributed by atoms with Crippen LogP contribution in [-0.4, -0.2) is 31.0 Å². The van der Waals surface area contributed by atoms with Gasteiger partial charge in [0, 0.05) is 0 Å². The Morgan fingerprint density at radius 2 is 1.41 bits per heavy atom. The number of allylic oxidation sites excluding steroid dienone is 1. The highest BCUT2D eigenvalue weighted by atomic mass is 32.2. The average molecular weight is 415 g/mol. The zero-order chi connectivity index (χ0) is 21.0. The summed E-state index contributed by atoms with van der Waals surface area (Å²) in [5.74, 6) is -2.28. The molecular weight excluding hydrogens is 384 g/mol. The Balaban J connectivity index is 1.72. The summed E-state index contributed by atoms with van der Waals surface area (Å²) in [6.45, 7) is 0. The first-order valence-corrected chi connectivity index (χ1v) is 11.9. The van der Waals surface area contributed by atoms with Gasteiger partial charge in [0.25, 0.3) is 0 Å². The molecule has 0 spiro atoms. The maximum absolute atomic E-state index is 12.3. The molecule has 2 aromatic rings. The van der Waals surface area contributed by atoms with Crippen LogP contribution in [0.3, 0.4) is 0 Å². The van der Waals surface area contributed by atoms with E-state index in [0.29, 0.717) is 12.8 Å². The van der Waals surface area contributed by atoms with Gasteiger partial charge in [0.1, 0.15) is 0 Å². The number of carboxylic acids is 1. The van der Waals surface area contributed by atoms with E-state index in [0.717, 1.165) is 31.2 Å². The van der Waals surface area contributed by atoms with Crippen molar-refractivity contribution in [1.82, 2.24) is 0 Å². The monoisotopic (exact) mass is 414 g/mol. The molecule has 0 aliphatic rings. The van der Waals surface area contributed by atoms with E-state index >= 15 is 0 Å². The van der Waals surface area contributed by atoms with Crippen LogP contribution in [0.2, 0.25) is 0 Å². The molecule has 2 aromatic carbocycles. The Bertz CT molecular complexity index is 858. The SMILES string of the molecule is O=C(O)C(CCCc1ccccc1)CS(=O)(=O)CC=CCCCc1ccccc1. The van der Waals surface area contributed by atoms with Gasteiger partial charge in [0.05, 0.1) is 17.4 Å². The van der Waals surface area contributed by atoms with Crippen LogP contribution in [0.4, 0.5) is 0 Å². The summed E-state index contributed by atoms with van der Waals surface area (Å²) >= 11 is 0. The number of hydrogen-bond acceptors (Lipinski definition) is 3. The van der Waals surface area contributed by atoms with Gasteiger partial charge in [-0.2, -0.15) is 0 Å². The van der Waals surface area contributed by atoms with Gasteiger partial charge >= 0.3 is 5.97 Å². The third-order valence-electron chi connectivity index (χ3n) is 4.86. The molecular formula is C24H30O4S. The Hall–Kier alpha value is -2.40. The largest absolute Gasteiger partial charge is 0.481 e. The minimum Gasteiger partial charge on any atom is -0.481 e. The Labute approximate surface area is 174 Å². The van der Waals surface area contributed by atoms with Gasteiger partial charge in [-0.1, -0.05) is 72.8 Å². The molecule has 0 saturated carbocycles. The quantitative estimate of drug-likeness (QED) is 0.381. The minimum absolute atomic E-state index is 0.0964. The number of aliphatic carboxylic acids is 1. The molecule has 0 aromatic heterocycles. The second kappa shape index (κ2) is 12.2. The van der Waals surface area contributed by atoms with Crippen molar-refractivity contribution in [1.29, 1.82) is 0 Å². The van der Waals surface area contributed by atoms with Crippen LogP contribution in [0.1, 0.15) is 36.8 Å². The highest BCUT2D eigenvalue weighted by Crippen LogP contribution is 2.14. The first-order valence-electron chi connectivity index (χ1n) is 10.1. The fourth-order valence-corrected chi connectivity index (χ4v) is 4.74. The topological polar surface area (TPSA) is 71.4 Å². The summed E-state index contributed by atoms with van der Waals surface area (Å²) in [5, 5.41) is 9.40. The highest BCUT2D eigenvalue weighted by molar-refractivity contribution is 7.91. The number of carbonyl (C=O) groups is 1. The molecule has 1 unspecified atom stereocenters. The molecule has 0 saturated heterocycles. The van der Waals surface area contributed by atoms with E-state index in [9.17, 15) is 18.3 Å². The van der Waals surface area contributed by atoms with Gasteiger partial charge < -0.3 is 5.11 Å². The molecule has 29 heavy (non-hydrogen) atoms. The maximum atomic E-state index is 12.3. The van der Waals surface area contributed by atoms with E-state index in [1.54, 1.807) is 6.08 Å². The van der Waals surface area contributed by atoms with E-state index in [1.807, 2.05) is 54.6 Å². The van der Waals surface area contributed by atoms with E-state index in [-0.39, 0.29) is 11.5 Å². The van der Waals surface area contributed by atoms with Crippen LogP contribution in [0.25, 0.3) is 0 Å². The van der Waals surface area contributed by atoms with Crippen LogP contribution in [0, 0.1) is 5.92 Å². The lowest BCUT2D eigenvalue weighted by Crippen LogP contribution is -2.25. The van der Waals surface area contributed by atoms with Gasteiger partial charge in [-0.25, -0.2) is 8.42 Å². The normalized spacial score (nSPS) is 12.8.